The normalized spacial score (nSPS) is 13.5. The summed E-state index contributed by atoms with van der Waals surface area (Å²) in [4.78, 5) is 23.3. The quantitative estimate of drug-likeness (QED) is 0.703. The summed E-state index contributed by atoms with van der Waals surface area (Å²) in [5.74, 6) is -0.457. The first-order chi connectivity index (χ1) is 8.76. The van der Waals surface area contributed by atoms with Gasteiger partial charge in [0.05, 0.1) is 10.0 Å². The molecule has 0 aliphatic rings. The van der Waals surface area contributed by atoms with Gasteiger partial charge in [-0.15, -0.1) is 0 Å². The van der Waals surface area contributed by atoms with E-state index in [9.17, 15) is 9.59 Å². The van der Waals surface area contributed by atoms with Gasteiger partial charge < -0.3 is 5.32 Å². The van der Waals surface area contributed by atoms with Crippen LogP contribution in [-0.4, -0.2) is 21.6 Å². The number of imide groups is 1. The summed E-state index contributed by atoms with van der Waals surface area (Å²) in [5.41, 5.74) is 0.440. The molecular formula is C11H10Br2Cl2N2O2. The van der Waals surface area contributed by atoms with E-state index in [1.807, 2.05) is 0 Å². The van der Waals surface area contributed by atoms with E-state index in [-0.39, 0.29) is 0 Å². The van der Waals surface area contributed by atoms with E-state index in [4.69, 9.17) is 23.2 Å². The number of amides is 3. The van der Waals surface area contributed by atoms with Crippen molar-refractivity contribution in [1.29, 1.82) is 0 Å². The second kappa shape index (κ2) is 6.92. The molecule has 8 heteroatoms. The van der Waals surface area contributed by atoms with Crippen molar-refractivity contribution >= 4 is 72.7 Å². The molecule has 0 aromatic heterocycles. The standard InChI is InChI=1S/C11H10Br2Cl2N2O2/c1-11(13,5-12)9(18)17-10(19)16-6-2-3-7(14)8(15)4-6/h2-4H,5H2,1H3,(H2,16,17,18,19). The Morgan fingerprint density at radius 3 is 2.47 bits per heavy atom. The van der Waals surface area contributed by atoms with Gasteiger partial charge >= 0.3 is 6.03 Å². The molecule has 0 bridgehead atoms. The van der Waals surface area contributed by atoms with Crippen molar-refractivity contribution in [1.82, 2.24) is 5.32 Å². The minimum Gasteiger partial charge on any atom is -0.308 e. The predicted molar refractivity (Wildman–Crippen MR) is 84.7 cm³/mol. The zero-order valence-corrected chi connectivity index (χ0v) is 14.5. The van der Waals surface area contributed by atoms with Gasteiger partial charge in [0.25, 0.3) is 0 Å². The fraction of sp³-hybridized carbons (Fsp3) is 0.273. The van der Waals surface area contributed by atoms with Gasteiger partial charge in [-0.25, -0.2) is 4.79 Å². The number of halogens is 4. The summed E-state index contributed by atoms with van der Waals surface area (Å²) in [5, 5.41) is 5.77. The Kier molecular flexibility index (Phi) is 6.11. The average Bonchev–Trinajstić information content (AvgIpc) is 2.33. The number of urea groups is 1. The lowest BCUT2D eigenvalue weighted by Crippen LogP contribution is -2.45. The van der Waals surface area contributed by atoms with Crippen molar-refractivity contribution in [2.75, 3.05) is 10.6 Å². The summed E-state index contributed by atoms with van der Waals surface area (Å²) in [6.45, 7) is 1.64. The molecule has 1 aromatic rings. The van der Waals surface area contributed by atoms with E-state index in [2.05, 4.69) is 42.5 Å². The van der Waals surface area contributed by atoms with Crippen molar-refractivity contribution in [3.05, 3.63) is 28.2 Å². The summed E-state index contributed by atoms with van der Waals surface area (Å²) in [7, 11) is 0. The van der Waals surface area contributed by atoms with Gasteiger partial charge in [-0.05, 0) is 25.1 Å². The highest BCUT2D eigenvalue weighted by atomic mass is 79.9. The minimum absolute atomic E-state index is 0.316. The van der Waals surface area contributed by atoms with Gasteiger partial charge in [-0.3, -0.25) is 10.1 Å². The Hall–Kier alpha value is -0.300. The van der Waals surface area contributed by atoms with Crippen LogP contribution >= 0.6 is 55.1 Å². The Balaban J connectivity index is 2.65. The molecule has 1 rings (SSSR count). The molecule has 1 unspecified atom stereocenters. The van der Waals surface area contributed by atoms with Crippen molar-refractivity contribution in [3.8, 4) is 0 Å². The van der Waals surface area contributed by atoms with Gasteiger partial charge in [-0.2, -0.15) is 0 Å². The van der Waals surface area contributed by atoms with Gasteiger partial charge in [0.1, 0.15) is 4.32 Å². The first-order valence-corrected chi connectivity index (χ1v) is 7.75. The molecule has 0 radical (unpaired) electrons. The molecule has 0 aliphatic heterocycles. The largest absolute Gasteiger partial charge is 0.325 e. The zero-order chi connectivity index (χ0) is 14.6. The molecule has 0 fully saturated rings. The second-order valence-electron chi connectivity index (χ2n) is 3.87. The molecule has 0 saturated carbocycles. The van der Waals surface area contributed by atoms with Crippen molar-refractivity contribution in [2.45, 2.75) is 11.2 Å². The maximum absolute atomic E-state index is 11.7. The van der Waals surface area contributed by atoms with E-state index < -0.39 is 16.3 Å². The number of carbonyl (C=O) groups excluding carboxylic acids is 2. The Bertz CT molecular complexity index is 509. The van der Waals surface area contributed by atoms with Crippen LogP contribution in [0.1, 0.15) is 6.92 Å². The van der Waals surface area contributed by atoms with E-state index in [1.54, 1.807) is 19.1 Å². The van der Waals surface area contributed by atoms with Crippen LogP contribution in [0.3, 0.4) is 0 Å². The fourth-order valence-corrected chi connectivity index (χ4v) is 1.68. The highest BCUT2D eigenvalue weighted by Gasteiger charge is 2.29. The van der Waals surface area contributed by atoms with Crippen LogP contribution in [0.2, 0.25) is 10.0 Å². The highest BCUT2D eigenvalue weighted by Crippen LogP contribution is 2.25. The van der Waals surface area contributed by atoms with E-state index >= 15 is 0 Å². The fourth-order valence-electron chi connectivity index (χ4n) is 1.03. The van der Waals surface area contributed by atoms with Gasteiger partial charge in [0.15, 0.2) is 0 Å². The highest BCUT2D eigenvalue weighted by molar-refractivity contribution is 9.12. The van der Waals surface area contributed by atoms with Crippen LogP contribution in [-0.2, 0) is 4.79 Å². The molecule has 0 saturated heterocycles. The number of alkyl halides is 2. The second-order valence-corrected chi connectivity index (χ2v) is 6.99. The van der Waals surface area contributed by atoms with Crippen LogP contribution in [0.5, 0.6) is 0 Å². The number of rotatable bonds is 3. The van der Waals surface area contributed by atoms with E-state index in [0.717, 1.165) is 0 Å². The van der Waals surface area contributed by atoms with Gasteiger partial charge in [0.2, 0.25) is 5.91 Å². The maximum atomic E-state index is 11.7. The van der Waals surface area contributed by atoms with Crippen LogP contribution < -0.4 is 10.6 Å². The third kappa shape index (κ3) is 4.95. The SMILES string of the molecule is CC(Br)(CBr)C(=O)NC(=O)Nc1ccc(Cl)c(Cl)c1. The van der Waals surface area contributed by atoms with E-state index in [0.29, 0.717) is 21.1 Å². The van der Waals surface area contributed by atoms with Crippen LogP contribution in [0, 0.1) is 0 Å². The molecular weight excluding hydrogens is 423 g/mol. The number of carbonyl (C=O) groups is 2. The lowest BCUT2D eigenvalue weighted by Gasteiger charge is -2.18. The van der Waals surface area contributed by atoms with Gasteiger partial charge in [-0.1, -0.05) is 55.1 Å². The van der Waals surface area contributed by atoms with Crippen molar-refractivity contribution < 1.29 is 9.59 Å². The first kappa shape index (κ1) is 16.8. The van der Waals surface area contributed by atoms with Crippen LogP contribution in [0.25, 0.3) is 0 Å². The maximum Gasteiger partial charge on any atom is 0.325 e. The molecule has 19 heavy (non-hydrogen) atoms. The van der Waals surface area contributed by atoms with E-state index in [1.165, 1.54) is 6.07 Å². The number of benzene rings is 1. The summed E-state index contributed by atoms with van der Waals surface area (Å²) >= 11 is 17.9. The molecule has 4 nitrogen and oxygen atoms in total. The average molecular weight is 433 g/mol. The lowest BCUT2D eigenvalue weighted by molar-refractivity contribution is -0.121. The third-order valence-electron chi connectivity index (χ3n) is 2.13. The monoisotopic (exact) mass is 430 g/mol. The smallest absolute Gasteiger partial charge is 0.308 e. The number of nitrogens with one attached hydrogen (secondary N) is 2. The summed E-state index contributed by atoms with van der Waals surface area (Å²) in [6, 6.07) is 3.98. The Morgan fingerprint density at radius 1 is 1.32 bits per heavy atom. The topological polar surface area (TPSA) is 58.2 Å². The summed E-state index contributed by atoms with van der Waals surface area (Å²) in [6.07, 6.45) is 0. The summed E-state index contributed by atoms with van der Waals surface area (Å²) < 4.78 is -0.859. The molecule has 1 atom stereocenters. The number of hydrogen-bond donors (Lipinski definition) is 2. The number of anilines is 1. The number of hydrogen-bond acceptors (Lipinski definition) is 2. The molecule has 104 valence electrons. The zero-order valence-electron chi connectivity index (χ0n) is 9.77. The minimum atomic E-state index is -0.859. The lowest BCUT2D eigenvalue weighted by atomic mass is 10.2. The van der Waals surface area contributed by atoms with Crippen LogP contribution in [0.4, 0.5) is 10.5 Å². The molecule has 2 N–H and O–H groups in total. The molecule has 1 aromatic carbocycles. The van der Waals surface area contributed by atoms with Crippen molar-refractivity contribution in [2.24, 2.45) is 0 Å². The van der Waals surface area contributed by atoms with Gasteiger partial charge in [0, 0.05) is 11.0 Å². The molecule has 0 aliphatic carbocycles. The third-order valence-corrected chi connectivity index (χ3v) is 5.38. The van der Waals surface area contributed by atoms with Crippen molar-refractivity contribution in [3.63, 3.8) is 0 Å². The molecule has 0 spiro atoms. The molecule has 0 heterocycles. The Labute approximate surface area is 137 Å². The predicted octanol–water partition coefficient (Wildman–Crippen LogP) is 4.19. The first-order valence-electron chi connectivity index (χ1n) is 5.08. The molecule has 3 amide bonds. The Morgan fingerprint density at radius 2 is 1.95 bits per heavy atom. The van der Waals surface area contributed by atoms with Crippen LogP contribution in [0.15, 0.2) is 18.2 Å².